The summed E-state index contributed by atoms with van der Waals surface area (Å²) in [7, 11) is 0. The molecule has 19 heavy (non-hydrogen) atoms. The van der Waals surface area contributed by atoms with Gasteiger partial charge in [0.15, 0.2) is 5.75 Å². The number of hydrogen-bond donors (Lipinski definition) is 1. The van der Waals surface area contributed by atoms with Gasteiger partial charge < -0.3 is 10.1 Å². The molecule has 1 heterocycles. The number of benzene rings is 2. The topological polar surface area (TPSA) is 38.3 Å². The average molecular weight is 292 g/mol. The molecular weight excluding hydrogens is 282 g/mol. The number of halogens is 1. The Bertz CT molecular complexity index is 645. The molecule has 0 aliphatic carbocycles. The fourth-order valence-electron chi connectivity index (χ4n) is 1.87. The van der Waals surface area contributed by atoms with E-state index in [0.29, 0.717) is 5.75 Å². The van der Waals surface area contributed by atoms with Gasteiger partial charge in [-0.15, -0.1) is 11.6 Å². The first-order valence-electron chi connectivity index (χ1n) is 5.71. The van der Waals surface area contributed by atoms with Crippen LogP contribution in [0.15, 0.2) is 52.3 Å². The highest BCUT2D eigenvalue weighted by atomic mass is 35.5. The molecule has 0 amide bonds. The summed E-state index contributed by atoms with van der Waals surface area (Å²) in [4.78, 5) is 13.5. The van der Waals surface area contributed by atoms with Crippen molar-refractivity contribution in [3.05, 3.63) is 42.5 Å². The number of esters is 1. The Labute approximate surface area is 119 Å². The molecule has 2 aromatic rings. The Kier molecular flexibility index (Phi) is 3.36. The molecule has 0 radical (unpaired) electrons. The third kappa shape index (κ3) is 2.41. The Morgan fingerprint density at radius 3 is 2.79 bits per heavy atom. The van der Waals surface area contributed by atoms with Crippen LogP contribution in [0, 0.1) is 0 Å². The summed E-state index contributed by atoms with van der Waals surface area (Å²) in [6.07, 6.45) is 0. The molecule has 3 rings (SSSR count). The first kappa shape index (κ1) is 12.4. The van der Waals surface area contributed by atoms with Crippen molar-refractivity contribution in [3.63, 3.8) is 0 Å². The van der Waals surface area contributed by atoms with Crippen molar-refractivity contribution in [2.45, 2.75) is 9.79 Å². The monoisotopic (exact) mass is 291 g/mol. The largest absolute Gasteiger partial charge is 0.423 e. The second kappa shape index (κ2) is 5.15. The number of anilines is 2. The normalized spacial score (nSPS) is 12.1. The fourth-order valence-corrected chi connectivity index (χ4v) is 2.93. The molecule has 3 nitrogen and oxygen atoms in total. The second-order valence-corrected chi connectivity index (χ2v) is 5.31. The highest BCUT2D eigenvalue weighted by Gasteiger charge is 2.19. The molecule has 96 valence electrons. The number of rotatable bonds is 2. The Morgan fingerprint density at radius 2 is 1.95 bits per heavy atom. The van der Waals surface area contributed by atoms with Crippen LogP contribution in [0.4, 0.5) is 11.4 Å². The summed E-state index contributed by atoms with van der Waals surface area (Å²) in [5.41, 5.74) is 1.82. The number of para-hydroxylation sites is 2. The van der Waals surface area contributed by atoms with Crippen LogP contribution >= 0.6 is 23.4 Å². The maximum absolute atomic E-state index is 11.3. The smallest absolute Gasteiger partial charge is 0.326 e. The minimum atomic E-state index is -0.458. The van der Waals surface area contributed by atoms with Gasteiger partial charge >= 0.3 is 5.97 Å². The molecule has 2 aromatic carbocycles. The zero-order valence-electron chi connectivity index (χ0n) is 9.85. The van der Waals surface area contributed by atoms with E-state index in [4.69, 9.17) is 16.3 Å². The van der Waals surface area contributed by atoms with E-state index < -0.39 is 5.97 Å². The zero-order valence-corrected chi connectivity index (χ0v) is 11.4. The summed E-state index contributed by atoms with van der Waals surface area (Å²) in [6.45, 7) is 0. The predicted molar refractivity (Wildman–Crippen MR) is 76.6 cm³/mol. The van der Waals surface area contributed by atoms with Gasteiger partial charge in [-0.2, -0.15) is 0 Å². The molecule has 0 saturated heterocycles. The maximum Gasteiger partial charge on any atom is 0.326 e. The molecule has 1 N–H and O–H groups in total. The lowest BCUT2D eigenvalue weighted by molar-refractivity contribution is -0.131. The van der Waals surface area contributed by atoms with Crippen LogP contribution in [0.5, 0.6) is 5.75 Å². The van der Waals surface area contributed by atoms with Crippen molar-refractivity contribution >= 4 is 40.7 Å². The maximum atomic E-state index is 11.3. The van der Waals surface area contributed by atoms with Crippen LogP contribution in [-0.2, 0) is 4.79 Å². The lowest BCUT2D eigenvalue weighted by Crippen LogP contribution is -2.11. The van der Waals surface area contributed by atoms with Gasteiger partial charge in [-0.05, 0) is 24.3 Å². The average Bonchev–Trinajstić information content (AvgIpc) is 2.45. The van der Waals surface area contributed by atoms with E-state index >= 15 is 0 Å². The molecule has 0 fully saturated rings. The molecule has 1 aliphatic rings. The summed E-state index contributed by atoms with van der Waals surface area (Å²) < 4.78 is 5.23. The van der Waals surface area contributed by atoms with Crippen molar-refractivity contribution in [3.8, 4) is 5.75 Å². The van der Waals surface area contributed by atoms with E-state index in [0.717, 1.165) is 21.2 Å². The second-order valence-electron chi connectivity index (χ2n) is 3.96. The van der Waals surface area contributed by atoms with E-state index in [-0.39, 0.29) is 5.88 Å². The van der Waals surface area contributed by atoms with Gasteiger partial charge in [0.25, 0.3) is 0 Å². The van der Waals surface area contributed by atoms with E-state index in [2.05, 4.69) is 5.32 Å². The van der Waals surface area contributed by atoms with Crippen molar-refractivity contribution in [1.29, 1.82) is 0 Å². The molecule has 0 aromatic heterocycles. The first-order chi connectivity index (χ1) is 9.28. The molecule has 0 bridgehead atoms. The van der Waals surface area contributed by atoms with E-state index in [1.165, 1.54) is 0 Å². The quantitative estimate of drug-likeness (QED) is 0.439. The first-order valence-corrected chi connectivity index (χ1v) is 7.06. The number of fused-ring (bicyclic) bond motifs is 2. The van der Waals surface area contributed by atoms with E-state index in [9.17, 15) is 4.79 Å². The van der Waals surface area contributed by atoms with Gasteiger partial charge in [0, 0.05) is 9.79 Å². The van der Waals surface area contributed by atoms with Crippen molar-refractivity contribution < 1.29 is 9.53 Å². The number of carbonyl (C=O) groups excluding carboxylic acids is 1. The van der Waals surface area contributed by atoms with Crippen LogP contribution < -0.4 is 10.1 Å². The van der Waals surface area contributed by atoms with Gasteiger partial charge in [-0.1, -0.05) is 30.0 Å². The number of carbonyl (C=O) groups is 1. The minimum absolute atomic E-state index is 0.159. The van der Waals surface area contributed by atoms with Gasteiger partial charge in [0.1, 0.15) is 5.88 Å². The van der Waals surface area contributed by atoms with E-state index in [1.807, 2.05) is 36.4 Å². The third-order valence-corrected chi connectivity index (χ3v) is 4.04. The van der Waals surface area contributed by atoms with Crippen LogP contribution in [0.25, 0.3) is 0 Å². The van der Waals surface area contributed by atoms with Crippen molar-refractivity contribution in [2.75, 3.05) is 11.2 Å². The Hall–Kier alpha value is -1.65. The minimum Gasteiger partial charge on any atom is -0.423 e. The van der Waals surface area contributed by atoms with Crippen LogP contribution in [-0.4, -0.2) is 11.8 Å². The van der Waals surface area contributed by atoms with Gasteiger partial charge in [-0.25, -0.2) is 0 Å². The summed E-state index contributed by atoms with van der Waals surface area (Å²) in [6, 6.07) is 13.6. The molecular formula is C14H10ClNO2S. The summed E-state index contributed by atoms with van der Waals surface area (Å²) in [5, 5.41) is 3.30. The molecule has 0 unspecified atom stereocenters. The van der Waals surface area contributed by atoms with Gasteiger partial charge in [-0.3, -0.25) is 4.79 Å². The predicted octanol–water partition coefficient (Wildman–Crippen LogP) is 4.04. The fraction of sp³-hybridized carbons (Fsp3) is 0.0714. The third-order valence-electron chi connectivity index (χ3n) is 2.69. The van der Waals surface area contributed by atoms with Gasteiger partial charge in [0.2, 0.25) is 0 Å². The Morgan fingerprint density at radius 1 is 1.16 bits per heavy atom. The number of alkyl halides is 1. The number of ether oxygens (including phenoxy) is 1. The SMILES string of the molecule is O=C(CCl)Oc1cccc2c1Nc1ccccc1S2. The molecule has 0 saturated carbocycles. The van der Waals surface area contributed by atoms with E-state index in [1.54, 1.807) is 17.8 Å². The summed E-state index contributed by atoms with van der Waals surface area (Å²) in [5.74, 6) is -0.112. The lowest BCUT2D eigenvalue weighted by Gasteiger charge is -2.22. The van der Waals surface area contributed by atoms with Crippen LogP contribution in [0.3, 0.4) is 0 Å². The Balaban J connectivity index is 1.99. The van der Waals surface area contributed by atoms with Crippen molar-refractivity contribution in [1.82, 2.24) is 0 Å². The van der Waals surface area contributed by atoms with Crippen molar-refractivity contribution in [2.24, 2.45) is 0 Å². The summed E-state index contributed by atoms with van der Waals surface area (Å²) >= 11 is 7.11. The van der Waals surface area contributed by atoms with Crippen LogP contribution in [0.1, 0.15) is 0 Å². The highest BCUT2D eigenvalue weighted by molar-refractivity contribution is 7.99. The molecule has 5 heteroatoms. The number of nitrogens with one attached hydrogen (secondary N) is 1. The molecule has 1 aliphatic heterocycles. The van der Waals surface area contributed by atoms with Crippen LogP contribution in [0.2, 0.25) is 0 Å². The lowest BCUT2D eigenvalue weighted by atomic mass is 10.2. The zero-order chi connectivity index (χ0) is 13.2. The standard InChI is InChI=1S/C14H10ClNO2S/c15-8-13(17)18-10-5-3-7-12-14(10)16-9-4-1-2-6-11(9)19-12/h1-7,16H,8H2. The molecule has 0 atom stereocenters. The highest BCUT2D eigenvalue weighted by Crippen LogP contribution is 2.47. The number of hydrogen-bond acceptors (Lipinski definition) is 4. The van der Waals surface area contributed by atoms with Gasteiger partial charge in [0.05, 0.1) is 11.4 Å². The molecule has 0 spiro atoms.